The highest BCUT2D eigenvalue weighted by atomic mass is 16.5. The van der Waals surface area contributed by atoms with Crippen molar-refractivity contribution in [1.29, 1.82) is 0 Å². The molecule has 1 heterocycles. The van der Waals surface area contributed by atoms with Crippen molar-refractivity contribution >= 4 is 5.91 Å². The molecule has 3 rings (SSSR count). The minimum atomic E-state index is 0.0732. The van der Waals surface area contributed by atoms with Gasteiger partial charge >= 0.3 is 0 Å². The third-order valence-corrected chi connectivity index (χ3v) is 4.43. The van der Waals surface area contributed by atoms with Gasteiger partial charge in [-0.1, -0.05) is 12.1 Å². The molecule has 1 aliphatic heterocycles. The van der Waals surface area contributed by atoms with Crippen molar-refractivity contribution in [2.75, 3.05) is 19.7 Å². The summed E-state index contributed by atoms with van der Waals surface area (Å²) in [6.07, 6.45) is 4.88. The Kier molecular flexibility index (Phi) is 4.98. The highest BCUT2D eigenvalue weighted by Gasteiger charge is 2.22. The number of rotatable bonds is 6. The molecular weight excluding hydrogens is 276 g/mol. The van der Waals surface area contributed by atoms with Crippen LogP contribution >= 0.6 is 0 Å². The topological polar surface area (TPSA) is 41.6 Å². The minimum Gasteiger partial charge on any atom is -0.493 e. The minimum absolute atomic E-state index is 0.0732. The third-order valence-electron chi connectivity index (χ3n) is 4.43. The van der Waals surface area contributed by atoms with E-state index in [0.29, 0.717) is 6.04 Å². The zero-order valence-electron chi connectivity index (χ0n) is 13.4. The van der Waals surface area contributed by atoms with Crippen LogP contribution in [0.4, 0.5) is 0 Å². The molecule has 0 aromatic heterocycles. The number of likely N-dealkylation sites (tertiary alicyclic amines) is 1. The van der Waals surface area contributed by atoms with Gasteiger partial charge in [-0.25, -0.2) is 0 Å². The van der Waals surface area contributed by atoms with Crippen LogP contribution in [0.3, 0.4) is 0 Å². The molecule has 4 heteroatoms. The molecule has 1 saturated carbocycles. The number of hydrogen-bond acceptors (Lipinski definition) is 3. The van der Waals surface area contributed by atoms with Gasteiger partial charge in [0, 0.05) is 26.1 Å². The van der Waals surface area contributed by atoms with Crippen LogP contribution in [0.15, 0.2) is 24.3 Å². The summed E-state index contributed by atoms with van der Waals surface area (Å²) in [7, 11) is 0. The third kappa shape index (κ3) is 4.73. The first-order valence-electron chi connectivity index (χ1n) is 8.40. The number of carbonyl (C=O) groups excluding carboxylic acids is 1. The monoisotopic (exact) mass is 302 g/mol. The summed E-state index contributed by atoms with van der Waals surface area (Å²) < 4.78 is 5.77. The Balaban J connectivity index is 1.47. The first-order chi connectivity index (χ1) is 10.7. The van der Waals surface area contributed by atoms with Gasteiger partial charge in [-0.2, -0.15) is 0 Å². The maximum Gasteiger partial charge on any atom is 0.217 e. The second kappa shape index (κ2) is 7.14. The molecule has 1 saturated heterocycles. The van der Waals surface area contributed by atoms with Crippen LogP contribution in [0.1, 0.15) is 38.2 Å². The number of amides is 1. The van der Waals surface area contributed by atoms with Crippen molar-refractivity contribution in [2.45, 2.75) is 45.2 Å². The quantitative estimate of drug-likeness (QED) is 0.878. The Bertz CT molecular complexity index is 496. The fraction of sp³-hybridized carbons (Fsp3) is 0.611. The van der Waals surface area contributed by atoms with Crippen molar-refractivity contribution in [2.24, 2.45) is 5.92 Å². The predicted molar refractivity (Wildman–Crippen MR) is 86.8 cm³/mol. The van der Waals surface area contributed by atoms with Gasteiger partial charge in [0.15, 0.2) is 0 Å². The lowest BCUT2D eigenvalue weighted by Crippen LogP contribution is -2.46. The smallest absolute Gasteiger partial charge is 0.217 e. The number of hydrogen-bond donors (Lipinski definition) is 1. The Morgan fingerprint density at radius 2 is 2.05 bits per heavy atom. The van der Waals surface area contributed by atoms with E-state index in [-0.39, 0.29) is 5.91 Å². The van der Waals surface area contributed by atoms with E-state index in [1.807, 2.05) is 0 Å². The summed E-state index contributed by atoms with van der Waals surface area (Å²) in [5, 5.41) is 3.04. The summed E-state index contributed by atoms with van der Waals surface area (Å²) in [6.45, 7) is 5.46. The van der Waals surface area contributed by atoms with E-state index in [4.69, 9.17) is 4.74 Å². The number of ether oxygens (including phenoxy) is 1. The van der Waals surface area contributed by atoms with Gasteiger partial charge in [-0.15, -0.1) is 0 Å². The Hall–Kier alpha value is -1.55. The van der Waals surface area contributed by atoms with Crippen LogP contribution in [0.5, 0.6) is 5.75 Å². The fourth-order valence-electron chi connectivity index (χ4n) is 3.05. The van der Waals surface area contributed by atoms with E-state index in [1.165, 1.54) is 18.4 Å². The Morgan fingerprint density at radius 3 is 2.73 bits per heavy atom. The standard InChI is InChI=1S/C18H26N2O2/c1-14(21)19-17-3-2-10-20(12-17)11-15-6-8-18(9-7-15)22-13-16-4-5-16/h6-9,16-17H,2-5,10-13H2,1H3,(H,19,21)/t17-/m0/s1. The van der Waals surface area contributed by atoms with Gasteiger partial charge in [0.1, 0.15) is 5.75 Å². The van der Waals surface area contributed by atoms with Gasteiger partial charge in [-0.05, 0) is 55.8 Å². The Labute approximate surface area is 132 Å². The van der Waals surface area contributed by atoms with Gasteiger partial charge in [0.2, 0.25) is 5.91 Å². The molecule has 1 aromatic rings. The average molecular weight is 302 g/mol. The van der Waals surface area contributed by atoms with Gasteiger partial charge < -0.3 is 10.1 Å². The molecule has 1 aliphatic carbocycles. The zero-order valence-corrected chi connectivity index (χ0v) is 13.4. The molecule has 2 fully saturated rings. The van der Waals surface area contributed by atoms with E-state index >= 15 is 0 Å². The predicted octanol–water partition coefficient (Wildman–Crippen LogP) is 2.58. The van der Waals surface area contributed by atoms with Crippen molar-refractivity contribution in [3.63, 3.8) is 0 Å². The maximum absolute atomic E-state index is 11.2. The number of piperidine rings is 1. The molecular formula is C18H26N2O2. The van der Waals surface area contributed by atoms with Crippen LogP contribution in [-0.4, -0.2) is 36.5 Å². The number of nitrogens with one attached hydrogen (secondary N) is 1. The van der Waals surface area contributed by atoms with E-state index in [0.717, 1.165) is 50.8 Å². The van der Waals surface area contributed by atoms with Gasteiger partial charge in [0.25, 0.3) is 0 Å². The van der Waals surface area contributed by atoms with Crippen LogP contribution in [0, 0.1) is 5.92 Å². The highest BCUT2D eigenvalue weighted by Crippen LogP contribution is 2.29. The normalized spacial score (nSPS) is 22.3. The fourth-order valence-corrected chi connectivity index (χ4v) is 3.05. The molecule has 1 aromatic carbocycles. The highest BCUT2D eigenvalue weighted by molar-refractivity contribution is 5.73. The summed E-state index contributed by atoms with van der Waals surface area (Å²) in [5.74, 6) is 1.84. The van der Waals surface area contributed by atoms with E-state index in [1.54, 1.807) is 6.92 Å². The molecule has 0 radical (unpaired) electrons. The molecule has 0 unspecified atom stereocenters. The molecule has 120 valence electrons. The summed E-state index contributed by atoms with van der Waals surface area (Å²) in [5.41, 5.74) is 1.31. The van der Waals surface area contributed by atoms with Crippen molar-refractivity contribution < 1.29 is 9.53 Å². The maximum atomic E-state index is 11.2. The van der Waals surface area contributed by atoms with Crippen LogP contribution in [-0.2, 0) is 11.3 Å². The summed E-state index contributed by atoms with van der Waals surface area (Å²) in [6, 6.07) is 8.77. The Morgan fingerprint density at radius 1 is 1.27 bits per heavy atom. The number of benzene rings is 1. The largest absolute Gasteiger partial charge is 0.493 e. The van der Waals surface area contributed by atoms with Crippen molar-refractivity contribution in [3.8, 4) is 5.75 Å². The lowest BCUT2D eigenvalue weighted by atomic mass is 10.0. The molecule has 22 heavy (non-hydrogen) atoms. The molecule has 4 nitrogen and oxygen atoms in total. The lowest BCUT2D eigenvalue weighted by molar-refractivity contribution is -0.120. The SMILES string of the molecule is CC(=O)N[C@H]1CCCN(Cc2ccc(OCC3CC3)cc2)C1. The molecule has 1 amide bonds. The summed E-state index contributed by atoms with van der Waals surface area (Å²) in [4.78, 5) is 13.6. The van der Waals surface area contributed by atoms with E-state index in [2.05, 4.69) is 34.5 Å². The van der Waals surface area contributed by atoms with E-state index in [9.17, 15) is 4.79 Å². The van der Waals surface area contributed by atoms with E-state index < -0.39 is 0 Å². The number of nitrogens with zero attached hydrogens (tertiary/aromatic N) is 1. The van der Waals surface area contributed by atoms with Crippen LogP contribution < -0.4 is 10.1 Å². The average Bonchev–Trinajstić information content (AvgIpc) is 3.30. The van der Waals surface area contributed by atoms with Crippen molar-refractivity contribution in [3.05, 3.63) is 29.8 Å². The molecule has 0 bridgehead atoms. The molecule has 2 aliphatic rings. The second-order valence-corrected chi connectivity index (χ2v) is 6.67. The second-order valence-electron chi connectivity index (χ2n) is 6.67. The van der Waals surface area contributed by atoms with Gasteiger partial charge in [0.05, 0.1) is 6.61 Å². The first-order valence-corrected chi connectivity index (χ1v) is 8.40. The molecule has 1 N–H and O–H groups in total. The van der Waals surface area contributed by atoms with Crippen molar-refractivity contribution in [1.82, 2.24) is 10.2 Å². The first kappa shape index (κ1) is 15.3. The summed E-state index contributed by atoms with van der Waals surface area (Å²) >= 11 is 0. The number of carbonyl (C=O) groups is 1. The molecule has 1 atom stereocenters. The lowest BCUT2D eigenvalue weighted by Gasteiger charge is -2.33. The zero-order chi connectivity index (χ0) is 15.4. The van der Waals surface area contributed by atoms with Crippen LogP contribution in [0.25, 0.3) is 0 Å². The molecule has 0 spiro atoms. The van der Waals surface area contributed by atoms with Crippen LogP contribution in [0.2, 0.25) is 0 Å². The van der Waals surface area contributed by atoms with Gasteiger partial charge in [-0.3, -0.25) is 9.69 Å².